The van der Waals surface area contributed by atoms with Crippen molar-refractivity contribution in [2.75, 3.05) is 31.6 Å². The molecule has 0 radical (unpaired) electrons. The first-order chi connectivity index (χ1) is 11.3. The van der Waals surface area contributed by atoms with Crippen LogP contribution in [-0.4, -0.2) is 54.4 Å². The molecule has 2 heterocycles. The number of amides is 1. The smallest absolute Gasteiger partial charge is 0.256 e. The van der Waals surface area contributed by atoms with Crippen molar-refractivity contribution in [2.45, 2.75) is 44.2 Å². The van der Waals surface area contributed by atoms with Crippen LogP contribution in [0.1, 0.15) is 42.5 Å². The number of rotatable bonds is 6. The van der Waals surface area contributed by atoms with Crippen molar-refractivity contribution in [1.82, 2.24) is 4.90 Å². The molecule has 0 bridgehead atoms. The topological polar surface area (TPSA) is 61.8 Å². The second kappa shape index (κ2) is 7.79. The largest absolute Gasteiger partial charge is 0.394 e. The van der Waals surface area contributed by atoms with Gasteiger partial charge in [-0.15, -0.1) is 0 Å². The summed E-state index contributed by atoms with van der Waals surface area (Å²) >= 11 is 0. The van der Waals surface area contributed by atoms with Gasteiger partial charge in [-0.05, 0) is 44.2 Å². The Morgan fingerprint density at radius 2 is 2.17 bits per heavy atom. The van der Waals surface area contributed by atoms with E-state index in [2.05, 4.69) is 5.32 Å². The van der Waals surface area contributed by atoms with Crippen LogP contribution < -0.4 is 5.32 Å². The molecule has 2 aliphatic heterocycles. The fraction of sp³-hybridized carbons (Fsp3) is 0.611. The van der Waals surface area contributed by atoms with E-state index in [1.165, 1.54) is 0 Å². The maximum absolute atomic E-state index is 12.8. The van der Waals surface area contributed by atoms with Crippen molar-refractivity contribution >= 4 is 11.6 Å². The first-order valence-corrected chi connectivity index (χ1v) is 8.66. The van der Waals surface area contributed by atoms with Crippen LogP contribution in [0.25, 0.3) is 0 Å². The molecule has 0 saturated carbocycles. The van der Waals surface area contributed by atoms with E-state index in [4.69, 9.17) is 4.74 Å². The monoisotopic (exact) mass is 318 g/mol. The summed E-state index contributed by atoms with van der Waals surface area (Å²) in [6.45, 7) is 2.45. The minimum Gasteiger partial charge on any atom is -0.394 e. The molecular weight excluding hydrogens is 292 g/mol. The Labute approximate surface area is 137 Å². The minimum atomic E-state index is -0.0394. The molecule has 1 amide bonds. The van der Waals surface area contributed by atoms with Crippen molar-refractivity contribution in [2.24, 2.45) is 0 Å². The van der Waals surface area contributed by atoms with Gasteiger partial charge in [-0.25, -0.2) is 0 Å². The van der Waals surface area contributed by atoms with Crippen molar-refractivity contribution in [3.63, 3.8) is 0 Å². The lowest BCUT2D eigenvalue weighted by molar-refractivity contribution is 0.0678. The molecule has 0 unspecified atom stereocenters. The van der Waals surface area contributed by atoms with E-state index >= 15 is 0 Å². The molecule has 0 aromatic heterocycles. The van der Waals surface area contributed by atoms with Crippen molar-refractivity contribution in [3.05, 3.63) is 29.8 Å². The zero-order chi connectivity index (χ0) is 16.1. The molecule has 3 rings (SSSR count). The Morgan fingerprint density at radius 1 is 1.30 bits per heavy atom. The van der Waals surface area contributed by atoms with Gasteiger partial charge in [0.1, 0.15) is 0 Å². The van der Waals surface area contributed by atoms with Gasteiger partial charge in [-0.2, -0.15) is 0 Å². The summed E-state index contributed by atoms with van der Waals surface area (Å²) in [5.74, 6) is 0.0155. The summed E-state index contributed by atoms with van der Waals surface area (Å²) in [5.41, 5.74) is 1.57. The molecule has 0 aliphatic carbocycles. The van der Waals surface area contributed by atoms with E-state index in [0.717, 1.165) is 57.5 Å². The number of likely N-dealkylation sites (tertiary alicyclic amines) is 1. The minimum absolute atomic E-state index is 0.0155. The van der Waals surface area contributed by atoms with Gasteiger partial charge < -0.3 is 20.1 Å². The number of hydrogen-bond donors (Lipinski definition) is 2. The Balaban J connectivity index is 1.63. The number of ether oxygens (including phenoxy) is 1. The number of benzene rings is 1. The molecular formula is C18H26N2O3. The SMILES string of the molecule is O=C(c1ccccc1NCC[C@@H]1CCCO1)N1CCC[C@H]1CO. The number of nitrogens with zero attached hydrogens (tertiary/aromatic N) is 1. The molecule has 2 aliphatic rings. The highest BCUT2D eigenvalue weighted by Crippen LogP contribution is 2.24. The third-order valence-electron chi connectivity index (χ3n) is 4.81. The summed E-state index contributed by atoms with van der Waals surface area (Å²) in [7, 11) is 0. The normalized spacial score (nSPS) is 24.1. The Bertz CT molecular complexity index is 529. The second-order valence-electron chi connectivity index (χ2n) is 6.37. The van der Waals surface area contributed by atoms with Crippen LogP contribution in [0.4, 0.5) is 5.69 Å². The van der Waals surface area contributed by atoms with Crippen LogP contribution in [0.2, 0.25) is 0 Å². The quantitative estimate of drug-likeness (QED) is 0.844. The number of hydrogen-bond acceptors (Lipinski definition) is 4. The first kappa shape index (κ1) is 16.3. The Kier molecular flexibility index (Phi) is 5.51. The lowest BCUT2D eigenvalue weighted by atomic mass is 10.1. The van der Waals surface area contributed by atoms with E-state index < -0.39 is 0 Å². The van der Waals surface area contributed by atoms with Gasteiger partial charge in [-0.3, -0.25) is 4.79 Å². The van der Waals surface area contributed by atoms with Crippen LogP contribution in [-0.2, 0) is 4.74 Å². The summed E-state index contributed by atoms with van der Waals surface area (Å²) in [6.07, 6.45) is 5.45. The lowest BCUT2D eigenvalue weighted by Crippen LogP contribution is -2.38. The molecule has 2 N–H and O–H groups in total. The van der Waals surface area contributed by atoms with E-state index in [1.54, 1.807) is 4.90 Å². The molecule has 0 spiro atoms. The Hall–Kier alpha value is -1.59. The highest BCUT2D eigenvalue weighted by Gasteiger charge is 2.29. The average Bonchev–Trinajstić information content (AvgIpc) is 3.26. The zero-order valence-electron chi connectivity index (χ0n) is 13.5. The van der Waals surface area contributed by atoms with Crippen LogP contribution in [0.15, 0.2) is 24.3 Å². The van der Waals surface area contributed by atoms with Crippen LogP contribution in [0.3, 0.4) is 0 Å². The predicted octanol–water partition coefficient (Wildman–Crippen LogP) is 2.26. The number of para-hydroxylation sites is 1. The van der Waals surface area contributed by atoms with E-state index in [9.17, 15) is 9.90 Å². The molecule has 2 atom stereocenters. The molecule has 23 heavy (non-hydrogen) atoms. The van der Waals surface area contributed by atoms with Crippen LogP contribution in [0, 0.1) is 0 Å². The molecule has 1 aromatic carbocycles. The number of aliphatic hydroxyl groups is 1. The number of nitrogens with one attached hydrogen (secondary N) is 1. The van der Waals surface area contributed by atoms with E-state index in [-0.39, 0.29) is 18.6 Å². The van der Waals surface area contributed by atoms with Crippen molar-refractivity contribution < 1.29 is 14.6 Å². The summed E-state index contributed by atoms with van der Waals surface area (Å²) in [6, 6.07) is 7.61. The third kappa shape index (κ3) is 3.85. The van der Waals surface area contributed by atoms with Crippen LogP contribution in [0.5, 0.6) is 0 Å². The predicted molar refractivity (Wildman–Crippen MR) is 89.7 cm³/mol. The highest BCUT2D eigenvalue weighted by atomic mass is 16.5. The number of anilines is 1. The molecule has 126 valence electrons. The Morgan fingerprint density at radius 3 is 2.96 bits per heavy atom. The van der Waals surface area contributed by atoms with Crippen molar-refractivity contribution in [3.8, 4) is 0 Å². The second-order valence-corrected chi connectivity index (χ2v) is 6.37. The fourth-order valence-electron chi connectivity index (χ4n) is 3.51. The fourth-order valence-corrected chi connectivity index (χ4v) is 3.51. The van der Waals surface area contributed by atoms with Crippen LogP contribution >= 0.6 is 0 Å². The third-order valence-corrected chi connectivity index (χ3v) is 4.81. The van der Waals surface area contributed by atoms with Gasteiger partial charge in [0.25, 0.3) is 5.91 Å². The number of carbonyl (C=O) groups excluding carboxylic acids is 1. The van der Waals surface area contributed by atoms with Gasteiger partial charge in [-0.1, -0.05) is 12.1 Å². The summed E-state index contributed by atoms with van der Waals surface area (Å²) in [4.78, 5) is 14.6. The lowest BCUT2D eigenvalue weighted by Gasteiger charge is -2.24. The van der Waals surface area contributed by atoms with Gasteiger partial charge >= 0.3 is 0 Å². The maximum atomic E-state index is 12.8. The summed E-state index contributed by atoms with van der Waals surface area (Å²) < 4.78 is 5.64. The van der Waals surface area contributed by atoms with Crippen molar-refractivity contribution in [1.29, 1.82) is 0 Å². The van der Waals surface area contributed by atoms with Gasteiger partial charge in [0.15, 0.2) is 0 Å². The van der Waals surface area contributed by atoms with E-state index in [0.29, 0.717) is 11.7 Å². The molecule has 2 fully saturated rings. The van der Waals surface area contributed by atoms with Gasteiger partial charge in [0.2, 0.25) is 0 Å². The number of carbonyl (C=O) groups is 1. The average molecular weight is 318 g/mol. The standard InChI is InChI=1S/C18H26N2O3/c21-13-14-5-3-11-20(14)18(22)16-7-1-2-8-17(16)19-10-9-15-6-4-12-23-15/h1-2,7-8,14-15,19,21H,3-6,9-13H2/t14-,15-/m0/s1. The van der Waals surface area contributed by atoms with E-state index in [1.807, 2.05) is 24.3 Å². The van der Waals surface area contributed by atoms with Gasteiger partial charge in [0.05, 0.1) is 24.3 Å². The molecule has 1 aromatic rings. The highest BCUT2D eigenvalue weighted by molar-refractivity contribution is 5.99. The molecule has 5 nitrogen and oxygen atoms in total. The molecule has 2 saturated heterocycles. The van der Waals surface area contributed by atoms with Gasteiger partial charge in [0, 0.05) is 25.4 Å². The first-order valence-electron chi connectivity index (χ1n) is 8.66. The zero-order valence-corrected chi connectivity index (χ0v) is 13.5. The molecule has 5 heteroatoms. The summed E-state index contributed by atoms with van der Waals surface area (Å²) in [5, 5.41) is 12.8. The number of aliphatic hydroxyl groups excluding tert-OH is 1. The maximum Gasteiger partial charge on any atom is 0.256 e.